The second kappa shape index (κ2) is 9.25. The molecule has 0 spiro atoms. The summed E-state index contributed by atoms with van der Waals surface area (Å²) in [6.45, 7) is 7.70. The van der Waals surface area contributed by atoms with Crippen molar-refractivity contribution in [1.82, 2.24) is 20.9 Å². The van der Waals surface area contributed by atoms with E-state index in [1.54, 1.807) is 7.05 Å². The topological polar surface area (TPSA) is 68.8 Å². The van der Waals surface area contributed by atoms with Crippen molar-refractivity contribution in [3.05, 3.63) is 0 Å². The predicted molar refractivity (Wildman–Crippen MR) is 95.6 cm³/mol. The highest BCUT2D eigenvalue weighted by Crippen LogP contribution is 2.19. The molecule has 0 bridgehead atoms. The van der Waals surface area contributed by atoms with E-state index in [4.69, 9.17) is 0 Å². The second-order valence-corrected chi connectivity index (χ2v) is 7.77. The van der Waals surface area contributed by atoms with Gasteiger partial charge in [-0.2, -0.15) is 11.8 Å². The number of piperidine rings is 1. The minimum absolute atomic E-state index is 0.0863. The number of hydrogen-bond acceptors (Lipinski definition) is 4. The number of carbonyl (C=O) groups is 1. The molecule has 1 aliphatic heterocycles. The third kappa shape index (κ3) is 6.87. The van der Waals surface area contributed by atoms with Crippen molar-refractivity contribution < 1.29 is 4.79 Å². The van der Waals surface area contributed by atoms with Crippen LogP contribution in [0.2, 0.25) is 0 Å². The van der Waals surface area contributed by atoms with Crippen LogP contribution in [0, 0.1) is 0 Å². The molecule has 0 aliphatic carbocycles. The lowest BCUT2D eigenvalue weighted by Crippen LogP contribution is -2.51. The van der Waals surface area contributed by atoms with E-state index in [1.807, 2.05) is 18.8 Å². The monoisotopic (exact) mass is 329 g/mol. The van der Waals surface area contributed by atoms with Crippen molar-refractivity contribution in [2.45, 2.75) is 37.5 Å². The first-order valence-electron chi connectivity index (χ1n) is 7.85. The fourth-order valence-corrected chi connectivity index (χ4v) is 2.49. The second-order valence-electron chi connectivity index (χ2n) is 6.26. The SMILES string of the molecule is CN=C(NCC(C)(C)SC)NC1CCN(CC(=O)NC)CC1. The maximum absolute atomic E-state index is 11.4. The number of guanidine groups is 1. The van der Waals surface area contributed by atoms with Gasteiger partial charge in [0.25, 0.3) is 0 Å². The normalized spacial score (nSPS) is 18.1. The van der Waals surface area contributed by atoms with Crippen molar-refractivity contribution in [1.29, 1.82) is 0 Å². The molecule has 0 aromatic carbocycles. The summed E-state index contributed by atoms with van der Waals surface area (Å²) >= 11 is 1.84. The van der Waals surface area contributed by atoms with Crippen LogP contribution < -0.4 is 16.0 Å². The molecule has 0 unspecified atom stereocenters. The Morgan fingerprint density at radius 1 is 1.36 bits per heavy atom. The molecule has 3 N–H and O–H groups in total. The third-order valence-electron chi connectivity index (χ3n) is 4.03. The summed E-state index contributed by atoms with van der Waals surface area (Å²) in [6.07, 6.45) is 4.19. The summed E-state index contributed by atoms with van der Waals surface area (Å²) in [5, 5.41) is 9.57. The van der Waals surface area contributed by atoms with E-state index in [0.717, 1.165) is 38.4 Å². The summed E-state index contributed by atoms with van der Waals surface area (Å²) in [7, 11) is 3.49. The van der Waals surface area contributed by atoms with Gasteiger partial charge in [-0.05, 0) is 32.9 Å². The summed E-state index contributed by atoms with van der Waals surface area (Å²) in [5.74, 6) is 0.954. The highest BCUT2D eigenvalue weighted by atomic mass is 32.2. The number of aliphatic imine (C=N–C) groups is 1. The van der Waals surface area contributed by atoms with Gasteiger partial charge in [-0.15, -0.1) is 0 Å². The standard InChI is InChI=1S/C15H31N5OS/c1-15(2,22-5)11-18-14(17-4)19-12-6-8-20(9-7-12)10-13(21)16-3/h12H,6-11H2,1-5H3,(H,16,21)(H2,17,18,19). The van der Waals surface area contributed by atoms with E-state index in [-0.39, 0.29) is 10.7 Å². The fourth-order valence-electron chi connectivity index (χ4n) is 2.27. The molecular weight excluding hydrogens is 298 g/mol. The van der Waals surface area contributed by atoms with Gasteiger partial charge in [0, 0.05) is 44.5 Å². The molecule has 1 aliphatic rings. The van der Waals surface area contributed by atoms with Gasteiger partial charge in [0.15, 0.2) is 5.96 Å². The number of rotatable bonds is 6. The van der Waals surface area contributed by atoms with Gasteiger partial charge in [-0.1, -0.05) is 0 Å². The number of nitrogens with zero attached hydrogens (tertiary/aromatic N) is 2. The molecule has 22 heavy (non-hydrogen) atoms. The Hall–Kier alpha value is -0.950. The summed E-state index contributed by atoms with van der Waals surface area (Å²) in [4.78, 5) is 17.9. The lowest BCUT2D eigenvalue weighted by atomic mass is 10.1. The van der Waals surface area contributed by atoms with Crippen LogP contribution in [-0.2, 0) is 4.79 Å². The Labute approximate surface area is 138 Å². The number of likely N-dealkylation sites (tertiary alicyclic amines) is 1. The summed E-state index contributed by atoms with van der Waals surface area (Å²) < 4.78 is 0.189. The summed E-state index contributed by atoms with van der Waals surface area (Å²) in [5.41, 5.74) is 0. The van der Waals surface area contributed by atoms with Gasteiger partial charge in [0.1, 0.15) is 0 Å². The highest BCUT2D eigenvalue weighted by Gasteiger charge is 2.22. The molecule has 1 saturated heterocycles. The third-order valence-corrected chi connectivity index (χ3v) is 5.28. The van der Waals surface area contributed by atoms with Gasteiger partial charge in [-0.25, -0.2) is 0 Å². The fraction of sp³-hybridized carbons (Fsp3) is 0.867. The number of nitrogens with one attached hydrogen (secondary N) is 3. The molecule has 0 atom stereocenters. The van der Waals surface area contributed by atoms with E-state index in [0.29, 0.717) is 12.6 Å². The Morgan fingerprint density at radius 3 is 2.50 bits per heavy atom. The van der Waals surface area contributed by atoms with Gasteiger partial charge in [0.05, 0.1) is 6.54 Å². The number of amides is 1. The molecular formula is C15H31N5OS. The van der Waals surface area contributed by atoms with Gasteiger partial charge in [0.2, 0.25) is 5.91 Å². The minimum atomic E-state index is 0.0863. The number of thioether (sulfide) groups is 1. The maximum Gasteiger partial charge on any atom is 0.233 e. The Balaban J connectivity index is 2.33. The van der Waals surface area contributed by atoms with Crippen molar-refractivity contribution >= 4 is 23.6 Å². The summed E-state index contributed by atoms with van der Waals surface area (Å²) in [6, 6.07) is 0.421. The number of likely N-dealkylation sites (N-methyl/N-ethyl adjacent to an activating group) is 1. The largest absolute Gasteiger partial charge is 0.358 e. The average Bonchev–Trinajstić information content (AvgIpc) is 2.52. The Bertz CT molecular complexity index is 378. The molecule has 7 heteroatoms. The predicted octanol–water partition coefficient (Wildman–Crippen LogP) is 0.503. The van der Waals surface area contributed by atoms with Crippen LogP contribution in [0.4, 0.5) is 0 Å². The quantitative estimate of drug-likeness (QED) is 0.489. The van der Waals surface area contributed by atoms with Crippen molar-refractivity contribution in [3.63, 3.8) is 0 Å². The first kappa shape index (κ1) is 19.1. The first-order chi connectivity index (χ1) is 10.4. The van der Waals surface area contributed by atoms with E-state index in [2.05, 4.69) is 45.9 Å². The first-order valence-corrected chi connectivity index (χ1v) is 9.08. The molecule has 0 saturated carbocycles. The van der Waals surface area contributed by atoms with Crippen LogP contribution in [0.25, 0.3) is 0 Å². The Kier molecular flexibility index (Phi) is 8.03. The van der Waals surface area contributed by atoms with Crippen LogP contribution in [0.15, 0.2) is 4.99 Å². The van der Waals surface area contributed by atoms with Crippen molar-refractivity contribution in [2.24, 2.45) is 4.99 Å². The highest BCUT2D eigenvalue weighted by molar-refractivity contribution is 7.99. The lowest BCUT2D eigenvalue weighted by molar-refractivity contribution is -0.122. The van der Waals surface area contributed by atoms with Crippen LogP contribution in [0.1, 0.15) is 26.7 Å². The minimum Gasteiger partial charge on any atom is -0.358 e. The van der Waals surface area contributed by atoms with Crippen molar-refractivity contribution in [2.75, 3.05) is 46.5 Å². The smallest absolute Gasteiger partial charge is 0.233 e. The van der Waals surface area contributed by atoms with Crippen LogP contribution in [0.3, 0.4) is 0 Å². The van der Waals surface area contributed by atoms with E-state index < -0.39 is 0 Å². The van der Waals surface area contributed by atoms with Gasteiger partial charge in [-0.3, -0.25) is 14.7 Å². The molecule has 1 amide bonds. The zero-order valence-electron chi connectivity index (χ0n) is 14.5. The van der Waals surface area contributed by atoms with E-state index in [1.165, 1.54) is 0 Å². The zero-order chi connectivity index (χ0) is 16.6. The van der Waals surface area contributed by atoms with E-state index in [9.17, 15) is 4.79 Å². The molecule has 1 rings (SSSR count). The van der Waals surface area contributed by atoms with E-state index >= 15 is 0 Å². The van der Waals surface area contributed by atoms with Crippen LogP contribution in [0.5, 0.6) is 0 Å². The van der Waals surface area contributed by atoms with Crippen LogP contribution in [-0.4, -0.2) is 74.1 Å². The van der Waals surface area contributed by atoms with Gasteiger partial charge < -0.3 is 16.0 Å². The molecule has 6 nitrogen and oxygen atoms in total. The zero-order valence-corrected chi connectivity index (χ0v) is 15.3. The van der Waals surface area contributed by atoms with Crippen molar-refractivity contribution in [3.8, 4) is 0 Å². The molecule has 1 fully saturated rings. The average molecular weight is 330 g/mol. The maximum atomic E-state index is 11.4. The molecule has 128 valence electrons. The molecule has 0 aromatic rings. The molecule has 0 aromatic heterocycles. The Morgan fingerprint density at radius 2 is 2.00 bits per heavy atom. The van der Waals surface area contributed by atoms with Crippen LogP contribution >= 0.6 is 11.8 Å². The van der Waals surface area contributed by atoms with Gasteiger partial charge >= 0.3 is 0 Å². The number of hydrogen-bond donors (Lipinski definition) is 3. The lowest BCUT2D eigenvalue weighted by Gasteiger charge is -2.33. The molecule has 1 heterocycles. The molecule has 0 radical (unpaired) electrons. The number of carbonyl (C=O) groups excluding carboxylic acids is 1.